The Balaban J connectivity index is 2.04. The van der Waals surface area contributed by atoms with Gasteiger partial charge in [0.2, 0.25) is 0 Å². The number of rotatable bonds is 7. The van der Waals surface area contributed by atoms with Crippen molar-refractivity contribution < 1.29 is 19.1 Å². The minimum absolute atomic E-state index is 0.163. The number of hydrogen-bond donors (Lipinski definition) is 1. The number of benzene rings is 2. The number of hydrogen-bond acceptors (Lipinski definition) is 5. The molecule has 0 atom stereocenters. The molecule has 0 unspecified atom stereocenters. The van der Waals surface area contributed by atoms with Gasteiger partial charge in [-0.2, -0.15) is 0 Å². The van der Waals surface area contributed by atoms with Gasteiger partial charge in [-0.25, -0.2) is 4.79 Å². The number of carbonyl (C=O) groups excluding carboxylic acids is 3. The quantitative estimate of drug-likeness (QED) is 0.520. The van der Waals surface area contributed by atoms with Crippen LogP contribution in [0, 0.1) is 6.92 Å². The minimum atomic E-state index is -0.553. The van der Waals surface area contributed by atoms with Crippen LogP contribution in [0.1, 0.15) is 56.7 Å². The highest BCUT2D eigenvalue weighted by Gasteiger charge is 2.28. The minimum Gasteiger partial charge on any atom is -0.462 e. The van der Waals surface area contributed by atoms with Crippen molar-refractivity contribution in [3.8, 4) is 0 Å². The smallest absolute Gasteiger partial charge is 0.341 e. The van der Waals surface area contributed by atoms with E-state index in [0.717, 1.165) is 22.1 Å². The summed E-state index contributed by atoms with van der Waals surface area (Å²) in [6.07, 6.45) is 0. The van der Waals surface area contributed by atoms with Crippen molar-refractivity contribution in [3.63, 3.8) is 0 Å². The Bertz CT molecular complexity index is 1130. The summed E-state index contributed by atoms with van der Waals surface area (Å²) in [5.41, 5.74) is 1.25. The molecule has 0 aliphatic rings. The predicted molar refractivity (Wildman–Crippen MR) is 124 cm³/mol. The van der Waals surface area contributed by atoms with Gasteiger partial charge in [0.15, 0.2) is 0 Å². The van der Waals surface area contributed by atoms with Crippen LogP contribution in [0.5, 0.6) is 0 Å². The molecule has 6 nitrogen and oxygen atoms in total. The van der Waals surface area contributed by atoms with Crippen molar-refractivity contribution in [1.29, 1.82) is 0 Å². The van der Waals surface area contributed by atoms with Crippen LogP contribution in [0.15, 0.2) is 42.5 Å². The molecule has 0 radical (unpaired) electrons. The summed E-state index contributed by atoms with van der Waals surface area (Å²) in [7, 11) is 0. The fourth-order valence-electron chi connectivity index (χ4n) is 3.50. The lowest BCUT2D eigenvalue weighted by molar-refractivity contribution is 0.0527. The standard InChI is InChI=1S/C24H26N2O4S/c1-5-26(6-2)23(28)20-15(4)19(24(29)30-7-3)22(31-20)25-21(27)18-14-10-12-16-11-8-9-13-17(16)18/h8-14H,5-7H2,1-4H3,(H,25,27). The lowest BCUT2D eigenvalue weighted by atomic mass is 10.0. The second-order valence-electron chi connectivity index (χ2n) is 6.94. The number of esters is 1. The molecule has 0 aliphatic heterocycles. The first-order chi connectivity index (χ1) is 14.9. The van der Waals surface area contributed by atoms with Gasteiger partial charge in [-0.1, -0.05) is 36.4 Å². The monoisotopic (exact) mass is 438 g/mol. The number of fused-ring (bicyclic) bond motifs is 1. The summed E-state index contributed by atoms with van der Waals surface area (Å²) in [5, 5.41) is 4.94. The molecule has 0 saturated heterocycles. The zero-order chi connectivity index (χ0) is 22.5. The summed E-state index contributed by atoms with van der Waals surface area (Å²) in [6.45, 7) is 8.55. The van der Waals surface area contributed by atoms with Gasteiger partial charge < -0.3 is 15.0 Å². The SMILES string of the molecule is CCOC(=O)c1c(NC(=O)c2cccc3ccccc23)sc(C(=O)N(CC)CC)c1C. The highest BCUT2D eigenvalue weighted by Crippen LogP contribution is 2.35. The highest BCUT2D eigenvalue weighted by atomic mass is 32.1. The maximum absolute atomic E-state index is 13.1. The lowest BCUT2D eigenvalue weighted by Gasteiger charge is -2.18. The van der Waals surface area contributed by atoms with Gasteiger partial charge in [0, 0.05) is 18.7 Å². The predicted octanol–water partition coefficient (Wildman–Crippen LogP) is 5.12. The Morgan fingerprint density at radius 3 is 2.35 bits per heavy atom. The molecule has 2 aromatic carbocycles. The normalized spacial score (nSPS) is 10.7. The van der Waals surface area contributed by atoms with E-state index in [1.165, 1.54) is 0 Å². The summed E-state index contributed by atoms with van der Waals surface area (Å²) < 4.78 is 5.20. The average molecular weight is 439 g/mol. The van der Waals surface area contributed by atoms with Crippen molar-refractivity contribution >= 4 is 44.9 Å². The van der Waals surface area contributed by atoms with Crippen LogP contribution < -0.4 is 5.32 Å². The molecule has 0 aliphatic carbocycles. The third kappa shape index (κ3) is 4.46. The molecule has 0 spiro atoms. The molecule has 3 aromatic rings. The molecule has 0 saturated carbocycles. The first-order valence-corrected chi connectivity index (χ1v) is 11.1. The van der Waals surface area contributed by atoms with E-state index in [1.54, 1.807) is 24.8 Å². The van der Waals surface area contributed by atoms with E-state index >= 15 is 0 Å². The summed E-state index contributed by atoms with van der Waals surface area (Å²) in [5.74, 6) is -1.06. The topological polar surface area (TPSA) is 75.7 Å². The molecule has 2 amide bonds. The number of nitrogens with one attached hydrogen (secondary N) is 1. The molecular formula is C24H26N2O4S. The molecule has 0 bridgehead atoms. The maximum Gasteiger partial charge on any atom is 0.341 e. The molecule has 31 heavy (non-hydrogen) atoms. The Hall–Kier alpha value is -3.19. The van der Waals surface area contributed by atoms with Crippen LogP contribution >= 0.6 is 11.3 Å². The van der Waals surface area contributed by atoms with Crippen molar-refractivity contribution in [3.05, 3.63) is 64.0 Å². The third-order valence-electron chi connectivity index (χ3n) is 5.13. The number of nitrogens with zero attached hydrogens (tertiary/aromatic N) is 1. The van der Waals surface area contributed by atoms with E-state index in [-0.39, 0.29) is 24.0 Å². The molecular weight excluding hydrogens is 412 g/mol. The van der Waals surface area contributed by atoms with Gasteiger partial charge in [0.05, 0.1) is 17.0 Å². The molecule has 7 heteroatoms. The Kier molecular flexibility index (Phi) is 7.07. The zero-order valence-corrected chi connectivity index (χ0v) is 19.0. The van der Waals surface area contributed by atoms with E-state index in [1.807, 2.05) is 50.2 Å². The van der Waals surface area contributed by atoms with Gasteiger partial charge >= 0.3 is 5.97 Å². The summed E-state index contributed by atoms with van der Waals surface area (Å²) in [4.78, 5) is 40.9. The van der Waals surface area contributed by atoms with Gasteiger partial charge in [0.25, 0.3) is 11.8 Å². The number of amides is 2. The van der Waals surface area contributed by atoms with Gasteiger partial charge in [-0.05, 0) is 50.1 Å². The first kappa shape index (κ1) is 22.5. The third-order valence-corrected chi connectivity index (χ3v) is 6.33. The number of ether oxygens (including phenoxy) is 1. The van der Waals surface area contributed by atoms with Crippen LogP contribution in [0.4, 0.5) is 5.00 Å². The van der Waals surface area contributed by atoms with Crippen LogP contribution in [-0.4, -0.2) is 42.4 Å². The van der Waals surface area contributed by atoms with Crippen molar-refractivity contribution in [2.24, 2.45) is 0 Å². The Labute approximate surface area is 185 Å². The fourth-order valence-corrected chi connectivity index (χ4v) is 4.66. The van der Waals surface area contributed by atoms with E-state index in [4.69, 9.17) is 4.74 Å². The van der Waals surface area contributed by atoms with Gasteiger partial charge in [0.1, 0.15) is 5.00 Å². The van der Waals surface area contributed by atoms with Crippen LogP contribution in [-0.2, 0) is 4.74 Å². The van der Waals surface area contributed by atoms with Crippen molar-refractivity contribution in [2.75, 3.05) is 25.0 Å². The number of anilines is 1. The summed E-state index contributed by atoms with van der Waals surface area (Å²) >= 11 is 1.11. The van der Waals surface area contributed by atoms with Gasteiger partial charge in [-0.3, -0.25) is 9.59 Å². The zero-order valence-electron chi connectivity index (χ0n) is 18.2. The number of thiophene rings is 1. The Morgan fingerprint density at radius 2 is 1.68 bits per heavy atom. The molecule has 162 valence electrons. The second kappa shape index (κ2) is 9.75. The highest BCUT2D eigenvalue weighted by molar-refractivity contribution is 7.18. The van der Waals surface area contributed by atoms with Crippen molar-refractivity contribution in [2.45, 2.75) is 27.7 Å². The Morgan fingerprint density at radius 1 is 1.00 bits per heavy atom. The summed E-state index contributed by atoms with van der Waals surface area (Å²) in [6, 6.07) is 13.1. The van der Waals surface area contributed by atoms with E-state index in [9.17, 15) is 14.4 Å². The molecule has 0 fully saturated rings. The van der Waals surface area contributed by atoms with Crippen LogP contribution in [0.2, 0.25) is 0 Å². The van der Waals surface area contributed by atoms with E-state index < -0.39 is 5.97 Å². The average Bonchev–Trinajstić information content (AvgIpc) is 3.09. The first-order valence-electron chi connectivity index (χ1n) is 10.3. The molecule has 1 heterocycles. The molecule has 1 aromatic heterocycles. The van der Waals surface area contributed by atoms with Crippen LogP contribution in [0.25, 0.3) is 10.8 Å². The lowest BCUT2D eigenvalue weighted by Crippen LogP contribution is -2.30. The number of carbonyl (C=O) groups is 3. The molecule has 1 N–H and O–H groups in total. The van der Waals surface area contributed by atoms with E-state index in [2.05, 4.69) is 5.32 Å². The molecule has 3 rings (SSSR count). The van der Waals surface area contributed by atoms with E-state index in [0.29, 0.717) is 34.1 Å². The largest absolute Gasteiger partial charge is 0.462 e. The second-order valence-corrected chi connectivity index (χ2v) is 7.96. The van der Waals surface area contributed by atoms with Crippen LogP contribution in [0.3, 0.4) is 0 Å². The van der Waals surface area contributed by atoms with Gasteiger partial charge in [-0.15, -0.1) is 11.3 Å². The fraction of sp³-hybridized carbons (Fsp3) is 0.292. The maximum atomic E-state index is 13.1. The van der Waals surface area contributed by atoms with Crippen molar-refractivity contribution in [1.82, 2.24) is 4.90 Å².